The van der Waals surface area contributed by atoms with Gasteiger partial charge in [-0.05, 0) is 17.7 Å². The molecule has 0 spiro atoms. The topological polar surface area (TPSA) is 32.6 Å². The lowest BCUT2D eigenvalue weighted by atomic mass is 10.2. The molecule has 0 fully saturated rings. The van der Waals surface area contributed by atoms with E-state index >= 15 is 0 Å². The quantitative estimate of drug-likeness (QED) is 0.699. The first-order chi connectivity index (χ1) is 4.86. The number of rotatable bonds is 2. The number of aliphatic hydroxyl groups is 1. The van der Waals surface area contributed by atoms with Crippen molar-refractivity contribution in [3.63, 3.8) is 0 Å². The summed E-state index contributed by atoms with van der Waals surface area (Å²) >= 11 is 4.46. The molecule has 0 amide bonds. The Balaban J connectivity index is 2.90. The largest absolute Gasteiger partial charge is 0.392 e. The summed E-state index contributed by atoms with van der Waals surface area (Å²) in [7, 11) is 0. The molecular weight excluding hydrogens is 146 g/mol. The lowest BCUT2D eigenvalue weighted by Gasteiger charge is -1.93. The molecule has 0 bridgehead atoms. The van der Waals surface area contributed by atoms with Crippen molar-refractivity contribution in [2.24, 2.45) is 4.36 Å². The Morgan fingerprint density at radius 2 is 1.90 bits per heavy atom. The van der Waals surface area contributed by atoms with Crippen LogP contribution in [0.15, 0.2) is 28.6 Å². The molecule has 52 valence electrons. The van der Waals surface area contributed by atoms with Crippen LogP contribution in [-0.4, -0.2) is 5.11 Å². The molecule has 2 nitrogen and oxygen atoms in total. The van der Waals surface area contributed by atoms with Crippen molar-refractivity contribution in [3.05, 3.63) is 29.8 Å². The maximum Gasteiger partial charge on any atom is 0.0769 e. The first kappa shape index (κ1) is 7.31. The molecule has 0 aromatic heterocycles. The van der Waals surface area contributed by atoms with Gasteiger partial charge in [-0.3, -0.25) is 0 Å². The van der Waals surface area contributed by atoms with Crippen LogP contribution in [0.2, 0.25) is 0 Å². The van der Waals surface area contributed by atoms with Crippen LogP contribution in [0, 0.1) is 0 Å². The Labute approximate surface area is 64.7 Å². The highest BCUT2D eigenvalue weighted by molar-refractivity contribution is 7.47. The summed E-state index contributed by atoms with van der Waals surface area (Å²) in [6, 6.07) is 7.15. The van der Waals surface area contributed by atoms with Gasteiger partial charge in [-0.2, -0.15) is 4.36 Å². The van der Waals surface area contributed by atoms with E-state index in [0.29, 0.717) is 0 Å². The summed E-state index contributed by atoms with van der Waals surface area (Å²) in [6.07, 6.45) is 0. The SMILES string of the molecule is OCc1ccc(N=S)cc1. The van der Waals surface area contributed by atoms with Gasteiger partial charge < -0.3 is 5.11 Å². The smallest absolute Gasteiger partial charge is 0.0769 e. The summed E-state index contributed by atoms with van der Waals surface area (Å²) in [6.45, 7) is 0.0672. The van der Waals surface area contributed by atoms with Crippen LogP contribution in [0.5, 0.6) is 0 Å². The van der Waals surface area contributed by atoms with Crippen LogP contribution in [0.1, 0.15) is 5.56 Å². The van der Waals surface area contributed by atoms with Crippen molar-refractivity contribution in [2.75, 3.05) is 0 Å². The summed E-state index contributed by atoms with van der Waals surface area (Å²) in [5, 5.41) is 8.64. The van der Waals surface area contributed by atoms with Crippen molar-refractivity contribution in [1.82, 2.24) is 0 Å². The number of hydrogen-bond acceptors (Lipinski definition) is 3. The van der Waals surface area contributed by atoms with Crippen molar-refractivity contribution in [3.8, 4) is 0 Å². The first-order valence-electron chi connectivity index (χ1n) is 2.90. The highest BCUT2D eigenvalue weighted by atomic mass is 32.1. The van der Waals surface area contributed by atoms with Crippen molar-refractivity contribution < 1.29 is 5.11 Å². The zero-order valence-corrected chi connectivity index (χ0v) is 6.14. The molecule has 1 aromatic rings. The van der Waals surface area contributed by atoms with E-state index < -0.39 is 0 Å². The first-order valence-corrected chi connectivity index (χ1v) is 3.26. The highest BCUT2D eigenvalue weighted by Gasteiger charge is 1.88. The molecule has 0 unspecified atom stereocenters. The summed E-state index contributed by atoms with van der Waals surface area (Å²) in [5.74, 6) is 0. The molecule has 3 heteroatoms. The third-order valence-electron chi connectivity index (χ3n) is 1.22. The molecule has 0 saturated heterocycles. The van der Waals surface area contributed by atoms with Gasteiger partial charge in [-0.25, -0.2) is 0 Å². The standard InChI is InChI=1S/C7H7NOS/c9-5-6-1-3-7(8-10)4-2-6/h1-4,9H,5H2. The molecule has 0 radical (unpaired) electrons. The van der Waals surface area contributed by atoms with Gasteiger partial charge in [0.05, 0.1) is 12.3 Å². The Morgan fingerprint density at radius 3 is 2.30 bits per heavy atom. The van der Waals surface area contributed by atoms with E-state index in [2.05, 4.69) is 16.8 Å². The van der Waals surface area contributed by atoms with Crippen LogP contribution in [0.4, 0.5) is 5.69 Å². The number of aliphatic hydroxyl groups excluding tert-OH is 1. The monoisotopic (exact) mass is 153 g/mol. The van der Waals surface area contributed by atoms with Gasteiger partial charge in [-0.15, -0.1) is 0 Å². The van der Waals surface area contributed by atoms with E-state index in [1.807, 2.05) is 0 Å². The molecule has 0 atom stereocenters. The van der Waals surface area contributed by atoms with E-state index in [4.69, 9.17) is 5.11 Å². The van der Waals surface area contributed by atoms with Gasteiger partial charge in [-0.1, -0.05) is 12.1 Å². The minimum atomic E-state index is 0.0672. The van der Waals surface area contributed by atoms with Crippen LogP contribution >= 0.6 is 0 Å². The minimum Gasteiger partial charge on any atom is -0.392 e. The van der Waals surface area contributed by atoms with Crippen molar-refractivity contribution in [2.45, 2.75) is 6.61 Å². The fraction of sp³-hybridized carbons (Fsp3) is 0.143. The Kier molecular flexibility index (Phi) is 2.48. The summed E-state index contributed by atoms with van der Waals surface area (Å²) < 4.78 is 3.55. The fourth-order valence-corrected chi connectivity index (χ4v) is 0.784. The van der Waals surface area contributed by atoms with E-state index in [0.717, 1.165) is 11.3 Å². The van der Waals surface area contributed by atoms with E-state index in [1.165, 1.54) is 0 Å². The molecule has 0 aliphatic heterocycles. The molecule has 1 rings (SSSR count). The molecular formula is C7H7NOS. The van der Waals surface area contributed by atoms with Crippen molar-refractivity contribution >= 4 is 18.1 Å². The van der Waals surface area contributed by atoms with Crippen molar-refractivity contribution in [1.29, 1.82) is 0 Å². The molecule has 10 heavy (non-hydrogen) atoms. The van der Waals surface area contributed by atoms with Crippen LogP contribution in [0.25, 0.3) is 0 Å². The second-order valence-corrected chi connectivity index (χ2v) is 2.10. The Morgan fingerprint density at radius 1 is 1.30 bits per heavy atom. The van der Waals surface area contributed by atoms with Crippen LogP contribution in [-0.2, 0) is 19.0 Å². The van der Waals surface area contributed by atoms with E-state index in [-0.39, 0.29) is 6.61 Å². The number of nitrogens with zero attached hydrogens (tertiary/aromatic N) is 1. The molecule has 0 heterocycles. The van der Waals surface area contributed by atoms with E-state index in [9.17, 15) is 0 Å². The van der Waals surface area contributed by atoms with E-state index in [1.54, 1.807) is 24.3 Å². The fourth-order valence-electron chi connectivity index (χ4n) is 0.662. The summed E-state index contributed by atoms with van der Waals surface area (Å²) in [4.78, 5) is 0. The molecule has 1 N–H and O–H groups in total. The molecule has 1 aromatic carbocycles. The lowest BCUT2D eigenvalue weighted by molar-refractivity contribution is 0.282. The van der Waals surface area contributed by atoms with Gasteiger partial charge in [0.25, 0.3) is 0 Å². The second kappa shape index (κ2) is 3.39. The maximum absolute atomic E-state index is 8.64. The number of benzene rings is 1. The minimum absolute atomic E-state index is 0.0672. The second-order valence-electron chi connectivity index (χ2n) is 1.92. The van der Waals surface area contributed by atoms with Gasteiger partial charge >= 0.3 is 0 Å². The zero-order chi connectivity index (χ0) is 7.40. The molecule has 0 aliphatic carbocycles. The summed E-state index contributed by atoms with van der Waals surface area (Å²) in [5.41, 5.74) is 1.63. The lowest BCUT2D eigenvalue weighted by Crippen LogP contribution is -1.78. The van der Waals surface area contributed by atoms with Gasteiger partial charge in [0, 0.05) is 12.4 Å². The Hall–Kier alpha value is -0.800. The normalized spacial score (nSPS) is 9.30. The average molecular weight is 153 g/mol. The molecule has 0 aliphatic rings. The van der Waals surface area contributed by atoms with Crippen LogP contribution < -0.4 is 0 Å². The third-order valence-corrected chi connectivity index (χ3v) is 1.44. The average Bonchev–Trinajstić information content (AvgIpc) is 2.05. The van der Waals surface area contributed by atoms with Gasteiger partial charge in [0.1, 0.15) is 0 Å². The predicted molar refractivity (Wildman–Crippen MR) is 41.8 cm³/mol. The Bertz CT molecular complexity index is 220. The highest BCUT2D eigenvalue weighted by Crippen LogP contribution is 2.11. The van der Waals surface area contributed by atoms with Gasteiger partial charge in [0.2, 0.25) is 0 Å². The maximum atomic E-state index is 8.64. The third kappa shape index (κ3) is 1.59. The molecule has 0 saturated carbocycles. The number of hydrogen-bond donors (Lipinski definition) is 1. The predicted octanol–water partition coefficient (Wildman–Crippen LogP) is 1.54. The zero-order valence-electron chi connectivity index (χ0n) is 5.32. The van der Waals surface area contributed by atoms with Crippen LogP contribution in [0.3, 0.4) is 0 Å². The van der Waals surface area contributed by atoms with Gasteiger partial charge in [0.15, 0.2) is 0 Å².